The number of hydrogen-bond donors (Lipinski definition) is 0. The van der Waals surface area contributed by atoms with Crippen molar-refractivity contribution in [1.82, 2.24) is 0 Å². The lowest BCUT2D eigenvalue weighted by Crippen LogP contribution is -1.91. The van der Waals surface area contributed by atoms with Crippen LogP contribution in [-0.4, -0.2) is 0 Å². The second-order valence-electron chi connectivity index (χ2n) is 4.27. The first-order chi connectivity index (χ1) is 9.09. The number of benzene rings is 2. The highest BCUT2D eigenvalue weighted by molar-refractivity contribution is 9.18. The lowest BCUT2D eigenvalue weighted by atomic mass is 10.1. The van der Waals surface area contributed by atoms with Gasteiger partial charge in [0.1, 0.15) is 11.5 Å². The average Bonchev–Trinajstić information content (AvgIpc) is 2.52. The molecular weight excluding hydrogens is 436 g/mol. The molecule has 2 aromatic rings. The van der Waals surface area contributed by atoms with Crippen LogP contribution in [0.25, 0.3) is 8.96 Å². The van der Waals surface area contributed by atoms with Crippen LogP contribution in [0.2, 0.25) is 0 Å². The fourth-order valence-corrected chi connectivity index (χ4v) is 3.67. The Labute approximate surface area is 137 Å². The zero-order valence-electron chi connectivity index (χ0n) is 10.0. The summed E-state index contributed by atoms with van der Waals surface area (Å²) in [6, 6.07) is 12.0. The molecule has 19 heavy (non-hydrogen) atoms. The monoisotopic (exact) mass is 442 g/mol. The molecule has 1 aliphatic heterocycles. The molecule has 0 aliphatic carbocycles. The molecule has 4 heteroatoms. The Bertz CT molecular complexity index is 705. The minimum Gasteiger partial charge on any atom is -0.456 e. The van der Waals surface area contributed by atoms with Crippen molar-refractivity contribution in [3.63, 3.8) is 0 Å². The van der Waals surface area contributed by atoms with E-state index in [0.717, 1.165) is 41.6 Å². The van der Waals surface area contributed by atoms with Crippen molar-refractivity contribution < 1.29 is 4.74 Å². The summed E-state index contributed by atoms with van der Waals surface area (Å²) in [5.74, 6) is 1.71. The molecule has 0 aromatic heterocycles. The van der Waals surface area contributed by atoms with Gasteiger partial charge in [-0.1, -0.05) is 34.1 Å². The van der Waals surface area contributed by atoms with Crippen molar-refractivity contribution in [2.24, 2.45) is 0 Å². The molecule has 0 amide bonds. The normalized spacial score (nSPS) is 13.5. The Balaban J connectivity index is 2.37. The molecule has 1 nitrogen and oxygen atoms in total. The van der Waals surface area contributed by atoms with Gasteiger partial charge in [0, 0.05) is 24.6 Å². The average molecular weight is 445 g/mol. The Morgan fingerprint density at radius 2 is 1.58 bits per heavy atom. The third-order valence-electron chi connectivity index (χ3n) is 3.12. The van der Waals surface area contributed by atoms with E-state index in [1.54, 1.807) is 0 Å². The molecule has 0 fully saturated rings. The molecule has 1 heterocycles. The Morgan fingerprint density at radius 1 is 0.842 bits per heavy atom. The number of halogens is 3. The minimum absolute atomic E-state index is 0.854. The van der Waals surface area contributed by atoms with Crippen molar-refractivity contribution in [2.45, 2.75) is 6.92 Å². The van der Waals surface area contributed by atoms with E-state index in [1.165, 1.54) is 0 Å². The zero-order chi connectivity index (χ0) is 13.6. The second-order valence-corrected chi connectivity index (χ2v) is 6.71. The molecule has 2 aromatic carbocycles. The lowest BCUT2D eigenvalue weighted by Gasteiger charge is -2.12. The van der Waals surface area contributed by atoms with Crippen molar-refractivity contribution in [2.75, 3.05) is 0 Å². The van der Waals surface area contributed by atoms with Crippen LogP contribution in [0.4, 0.5) is 0 Å². The number of rotatable bonds is 0. The third kappa shape index (κ3) is 2.20. The summed E-state index contributed by atoms with van der Waals surface area (Å²) in [5, 5.41) is 0. The second kappa shape index (κ2) is 5.08. The Hall–Kier alpha value is -0.580. The summed E-state index contributed by atoms with van der Waals surface area (Å²) < 4.78 is 9.13. The Morgan fingerprint density at radius 3 is 2.37 bits per heavy atom. The van der Waals surface area contributed by atoms with Crippen LogP contribution in [0.1, 0.15) is 16.7 Å². The topological polar surface area (TPSA) is 9.23 Å². The smallest absolute Gasteiger partial charge is 0.136 e. The van der Waals surface area contributed by atoms with Gasteiger partial charge in [0.15, 0.2) is 0 Å². The molecule has 0 atom stereocenters. The largest absolute Gasteiger partial charge is 0.456 e. The molecule has 0 saturated heterocycles. The molecule has 96 valence electrons. The molecule has 3 rings (SSSR count). The SMILES string of the molecule is Cc1c(Br)ccc2c1C(Br)=C(Br)c1ccccc1O2. The van der Waals surface area contributed by atoms with E-state index >= 15 is 0 Å². The van der Waals surface area contributed by atoms with Gasteiger partial charge in [0.05, 0.1) is 0 Å². The highest BCUT2D eigenvalue weighted by atomic mass is 79.9. The maximum absolute atomic E-state index is 6.06. The summed E-state index contributed by atoms with van der Waals surface area (Å²) >= 11 is 10.9. The van der Waals surface area contributed by atoms with E-state index < -0.39 is 0 Å². The maximum Gasteiger partial charge on any atom is 0.136 e. The zero-order valence-corrected chi connectivity index (χ0v) is 14.8. The summed E-state index contributed by atoms with van der Waals surface area (Å²) in [4.78, 5) is 0. The van der Waals surface area contributed by atoms with Gasteiger partial charge in [-0.15, -0.1) is 0 Å². The Kier molecular flexibility index (Phi) is 3.58. The molecule has 0 spiro atoms. The number of fused-ring (bicyclic) bond motifs is 2. The van der Waals surface area contributed by atoms with Crippen molar-refractivity contribution >= 4 is 56.8 Å². The van der Waals surface area contributed by atoms with Gasteiger partial charge >= 0.3 is 0 Å². The van der Waals surface area contributed by atoms with Crippen LogP contribution >= 0.6 is 47.8 Å². The van der Waals surface area contributed by atoms with E-state index in [1.807, 2.05) is 36.4 Å². The van der Waals surface area contributed by atoms with E-state index in [0.29, 0.717) is 0 Å². The predicted octanol–water partition coefficient (Wildman–Crippen LogP) is 6.48. The lowest BCUT2D eigenvalue weighted by molar-refractivity contribution is 0.481. The van der Waals surface area contributed by atoms with E-state index in [9.17, 15) is 0 Å². The molecule has 0 radical (unpaired) electrons. The fraction of sp³-hybridized carbons (Fsp3) is 0.0667. The summed E-state index contributed by atoms with van der Waals surface area (Å²) in [6.07, 6.45) is 0. The van der Waals surface area contributed by atoms with Gasteiger partial charge in [-0.2, -0.15) is 0 Å². The first-order valence-corrected chi connectivity index (χ1v) is 8.09. The summed E-state index contributed by atoms with van der Waals surface area (Å²) in [6.45, 7) is 2.07. The first kappa shape index (κ1) is 13.4. The molecular formula is C15H9Br3O. The van der Waals surface area contributed by atoms with E-state index in [2.05, 4.69) is 54.7 Å². The fourth-order valence-electron chi connectivity index (χ4n) is 2.10. The number of ether oxygens (including phenoxy) is 1. The van der Waals surface area contributed by atoms with Crippen molar-refractivity contribution in [3.05, 3.63) is 57.6 Å². The van der Waals surface area contributed by atoms with Crippen molar-refractivity contribution in [1.29, 1.82) is 0 Å². The van der Waals surface area contributed by atoms with Crippen molar-refractivity contribution in [3.8, 4) is 11.5 Å². The summed E-state index contributed by atoms with van der Waals surface area (Å²) in [5.41, 5.74) is 3.26. The first-order valence-electron chi connectivity index (χ1n) is 5.71. The van der Waals surface area contributed by atoms with E-state index in [4.69, 9.17) is 4.74 Å². The molecule has 0 unspecified atom stereocenters. The summed E-state index contributed by atoms with van der Waals surface area (Å²) in [7, 11) is 0. The van der Waals surface area contributed by atoms with E-state index in [-0.39, 0.29) is 0 Å². The number of hydrogen-bond acceptors (Lipinski definition) is 1. The molecule has 1 aliphatic rings. The minimum atomic E-state index is 0.854. The van der Waals surface area contributed by atoms with Crippen LogP contribution in [0.15, 0.2) is 40.9 Å². The van der Waals surface area contributed by atoms with Gasteiger partial charge in [0.2, 0.25) is 0 Å². The van der Waals surface area contributed by atoms with Crippen LogP contribution in [0.3, 0.4) is 0 Å². The highest BCUT2D eigenvalue weighted by Gasteiger charge is 2.22. The van der Waals surface area contributed by atoms with Gasteiger partial charge in [-0.25, -0.2) is 0 Å². The van der Waals surface area contributed by atoms with Crippen LogP contribution < -0.4 is 4.74 Å². The highest BCUT2D eigenvalue weighted by Crippen LogP contribution is 2.48. The van der Waals surface area contributed by atoms with Crippen LogP contribution in [-0.2, 0) is 0 Å². The standard InChI is InChI=1S/C15H9Br3O/c1-8-10(16)6-7-12-13(8)15(18)14(17)9-4-2-3-5-11(9)19-12/h2-7H,1H3. The number of para-hydroxylation sites is 1. The van der Waals surface area contributed by atoms with Gasteiger partial charge in [-0.3, -0.25) is 0 Å². The molecule has 0 N–H and O–H groups in total. The maximum atomic E-state index is 6.06. The van der Waals surface area contributed by atoms with Gasteiger partial charge in [0.25, 0.3) is 0 Å². The predicted molar refractivity (Wildman–Crippen MR) is 90.1 cm³/mol. The van der Waals surface area contributed by atoms with Gasteiger partial charge in [-0.05, 0) is 62.5 Å². The quantitative estimate of drug-likeness (QED) is 0.452. The van der Waals surface area contributed by atoms with Crippen LogP contribution in [0, 0.1) is 6.92 Å². The van der Waals surface area contributed by atoms with Gasteiger partial charge < -0.3 is 4.74 Å². The van der Waals surface area contributed by atoms with Crippen LogP contribution in [0.5, 0.6) is 11.5 Å². The third-order valence-corrected chi connectivity index (χ3v) is 6.12. The molecule has 0 bridgehead atoms. The molecule has 0 saturated carbocycles.